The molecule has 3 aliphatic rings. The standard InChI is InChI=1S/C17H23NO/c1-11-5-3-7-14-16(11)17-9-10-18-12(2)13(17)6-4-8-15(17)19-14/h3,5,7,12-13,15,18H,4,6,8-10H2,1-2H3/t12-,13?,15?,17-/m1/s1. The number of piperidine rings is 1. The Bertz CT molecular complexity index is 512. The minimum atomic E-state index is 0.295. The van der Waals surface area contributed by atoms with Crippen LogP contribution in [0.25, 0.3) is 0 Å². The summed E-state index contributed by atoms with van der Waals surface area (Å²) in [7, 11) is 0. The first kappa shape index (κ1) is 11.8. The summed E-state index contributed by atoms with van der Waals surface area (Å²) >= 11 is 0. The number of hydrogen-bond donors (Lipinski definition) is 1. The van der Waals surface area contributed by atoms with Crippen LogP contribution in [0.15, 0.2) is 18.2 Å². The van der Waals surface area contributed by atoms with Crippen molar-refractivity contribution in [3.63, 3.8) is 0 Å². The van der Waals surface area contributed by atoms with Gasteiger partial charge in [-0.2, -0.15) is 0 Å². The zero-order valence-corrected chi connectivity index (χ0v) is 11.9. The van der Waals surface area contributed by atoms with Crippen LogP contribution in [0.2, 0.25) is 0 Å². The minimum absolute atomic E-state index is 0.295. The summed E-state index contributed by atoms with van der Waals surface area (Å²) < 4.78 is 6.37. The lowest BCUT2D eigenvalue weighted by molar-refractivity contribution is 0.0133. The maximum Gasteiger partial charge on any atom is 0.123 e. The van der Waals surface area contributed by atoms with Gasteiger partial charge < -0.3 is 10.1 Å². The molecule has 0 radical (unpaired) electrons. The maximum atomic E-state index is 6.37. The highest BCUT2D eigenvalue weighted by molar-refractivity contribution is 5.51. The van der Waals surface area contributed by atoms with Crippen LogP contribution < -0.4 is 10.1 Å². The van der Waals surface area contributed by atoms with Gasteiger partial charge in [0.15, 0.2) is 0 Å². The molecule has 19 heavy (non-hydrogen) atoms. The van der Waals surface area contributed by atoms with Crippen LogP contribution in [0.4, 0.5) is 0 Å². The first-order valence-corrected chi connectivity index (χ1v) is 7.73. The second-order valence-electron chi connectivity index (χ2n) is 6.63. The van der Waals surface area contributed by atoms with Crippen molar-refractivity contribution in [3.8, 4) is 5.75 Å². The van der Waals surface area contributed by atoms with Gasteiger partial charge in [-0.3, -0.25) is 0 Å². The summed E-state index contributed by atoms with van der Waals surface area (Å²) in [6, 6.07) is 7.20. The van der Waals surface area contributed by atoms with Crippen molar-refractivity contribution >= 4 is 0 Å². The third-order valence-electron chi connectivity index (χ3n) is 5.80. The Morgan fingerprint density at radius 2 is 2.21 bits per heavy atom. The highest BCUT2D eigenvalue weighted by Gasteiger charge is 2.58. The first-order chi connectivity index (χ1) is 9.23. The highest BCUT2D eigenvalue weighted by atomic mass is 16.5. The molecule has 2 heteroatoms. The molecule has 2 unspecified atom stereocenters. The highest BCUT2D eigenvalue weighted by Crippen LogP contribution is 2.57. The Hall–Kier alpha value is -1.02. The molecular weight excluding hydrogens is 234 g/mol. The molecule has 1 spiro atoms. The van der Waals surface area contributed by atoms with Crippen LogP contribution >= 0.6 is 0 Å². The van der Waals surface area contributed by atoms with Crippen LogP contribution in [0.1, 0.15) is 43.7 Å². The molecular formula is C17H23NO. The number of hydrogen-bond acceptors (Lipinski definition) is 2. The summed E-state index contributed by atoms with van der Waals surface area (Å²) in [4.78, 5) is 0. The van der Waals surface area contributed by atoms with E-state index in [0.717, 1.165) is 12.5 Å². The summed E-state index contributed by atoms with van der Waals surface area (Å²) in [5, 5.41) is 3.68. The zero-order chi connectivity index (χ0) is 13.0. The van der Waals surface area contributed by atoms with Gasteiger partial charge in [-0.1, -0.05) is 12.1 Å². The van der Waals surface area contributed by atoms with Crippen LogP contribution in [0.5, 0.6) is 5.75 Å². The van der Waals surface area contributed by atoms with Crippen molar-refractivity contribution < 1.29 is 4.74 Å². The average molecular weight is 257 g/mol. The Labute approximate surface area is 115 Å². The van der Waals surface area contributed by atoms with Gasteiger partial charge in [0.2, 0.25) is 0 Å². The fourth-order valence-corrected chi connectivity index (χ4v) is 5.09. The van der Waals surface area contributed by atoms with Crippen molar-refractivity contribution in [2.45, 2.75) is 57.1 Å². The van der Waals surface area contributed by atoms with Gasteiger partial charge in [0.1, 0.15) is 11.9 Å². The largest absolute Gasteiger partial charge is 0.489 e. The molecule has 102 valence electrons. The van der Waals surface area contributed by atoms with Crippen molar-refractivity contribution in [3.05, 3.63) is 29.3 Å². The molecule has 1 aliphatic carbocycles. The topological polar surface area (TPSA) is 21.3 Å². The summed E-state index contributed by atoms with van der Waals surface area (Å²) in [5.41, 5.74) is 3.27. The lowest BCUT2D eigenvalue weighted by atomic mass is 9.56. The van der Waals surface area contributed by atoms with Gasteiger partial charge in [0, 0.05) is 17.0 Å². The molecule has 0 aromatic heterocycles. The lowest BCUT2D eigenvalue weighted by Gasteiger charge is -2.51. The maximum absolute atomic E-state index is 6.37. The molecule has 2 nitrogen and oxygen atoms in total. The van der Waals surface area contributed by atoms with Gasteiger partial charge in [-0.15, -0.1) is 0 Å². The molecule has 2 fully saturated rings. The van der Waals surface area contributed by atoms with Crippen LogP contribution in [-0.4, -0.2) is 18.7 Å². The SMILES string of the molecule is Cc1cccc2c1[C@]13CCN[C@H](C)C1CCCC3O2. The Morgan fingerprint density at radius 1 is 1.32 bits per heavy atom. The van der Waals surface area contributed by atoms with Gasteiger partial charge in [-0.25, -0.2) is 0 Å². The van der Waals surface area contributed by atoms with E-state index in [-0.39, 0.29) is 0 Å². The van der Waals surface area contributed by atoms with Gasteiger partial charge in [0.25, 0.3) is 0 Å². The summed E-state index contributed by atoms with van der Waals surface area (Å²) in [5.74, 6) is 1.91. The van der Waals surface area contributed by atoms with Gasteiger partial charge in [0.05, 0.1) is 0 Å². The minimum Gasteiger partial charge on any atom is -0.489 e. The fraction of sp³-hybridized carbons (Fsp3) is 0.647. The second-order valence-corrected chi connectivity index (χ2v) is 6.63. The van der Waals surface area contributed by atoms with E-state index < -0.39 is 0 Å². The summed E-state index contributed by atoms with van der Waals surface area (Å²) in [6.45, 7) is 5.76. The number of aryl methyl sites for hydroxylation is 1. The molecule has 2 heterocycles. The smallest absolute Gasteiger partial charge is 0.123 e. The molecule has 0 bridgehead atoms. The van der Waals surface area contributed by atoms with E-state index in [9.17, 15) is 0 Å². The second kappa shape index (κ2) is 3.99. The molecule has 1 saturated heterocycles. The zero-order valence-electron chi connectivity index (χ0n) is 11.9. The van der Waals surface area contributed by atoms with Gasteiger partial charge in [-0.05, 0) is 63.6 Å². The third kappa shape index (κ3) is 1.41. The van der Waals surface area contributed by atoms with Crippen LogP contribution in [-0.2, 0) is 5.41 Å². The van der Waals surface area contributed by atoms with Crippen molar-refractivity contribution in [2.24, 2.45) is 5.92 Å². The van der Waals surface area contributed by atoms with Crippen LogP contribution in [0.3, 0.4) is 0 Å². The number of fused-ring (bicyclic) bond motifs is 1. The Balaban J connectivity index is 1.92. The van der Waals surface area contributed by atoms with Crippen molar-refractivity contribution in [1.82, 2.24) is 5.32 Å². The van der Waals surface area contributed by atoms with Crippen molar-refractivity contribution in [1.29, 1.82) is 0 Å². The summed E-state index contributed by atoms with van der Waals surface area (Å²) in [6.07, 6.45) is 5.56. The lowest BCUT2D eigenvalue weighted by Crippen LogP contribution is -2.59. The monoisotopic (exact) mass is 257 g/mol. The van der Waals surface area contributed by atoms with Gasteiger partial charge >= 0.3 is 0 Å². The van der Waals surface area contributed by atoms with E-state index in [1.54, 1.807) is 0 Å². The molecule has 4 atom stereocenters. The predicted octanol–water partition coefficient (Wildman–Crippen LogP) is 3.18. The molecule has 1 N–H and O–H groups in total. The first-order valence-electron chi connectivity index (χ1n) is 7.73. The molecule has 1 aromatic rings. The van der Waals surface area contributed by atoms with E-state index in [1.807, 2.05) is 0 Å². The number of nitrogens with one attached hydrogen (secondary N) is 1. The van der Waals surface area contributed by atoms with E-state index in [2.05, 4.69) is 37.4 Å². The van der Waals surface area contributed by atoms with E-state index in [1.165, 1.54) is 42.6 Å². The quantitative estimate of drug-likeness (QED) is 0.771. The normalized spacial score (nSPS) is 40.0. The Kier molecular flexibility index (Phi) is 2.47. The van der Waals surface area contributed by atoms with E-state index in [0.29, 0.717) is 17.6 Å². The third-order valence-corrected chi connectivity index (χ3v) is 5.80. The predicted molar refractivity (Wildman–Crippen MR) is 76.7 cm³/mol. The average Bonchev–Trinajstić information content (AvgIpc) is 2.73. The molecule has 1 aromatic carbocycles. The molecule has 2 aliphatic heterocycles. The van der Waals surface area contributed by atoms with E-state index >= 15 is 0 Å². The number of benzene rings is 1. The molecule has 4 rings (SSSR count). The van der Waals surface area contributed by atoms with E-state index in [4.69, 9.17) is 4.74 Å². The Morgan fingerprint density at radius 3 is 3.11 bits per heavy atom. The van der Waals surface area contributed by atoms with Crippen LogP contribution in [0, 0.1) is 12.8 Å². The fourth-order valence-electron chi connectivity index (χ4n) is 5.09. The van der Waals surface area contributed by atoms with Crippen molar-refractivity contribution in [2.75, 3.05) is 6.54 Å². The molecule has 1 saturated carbocycles. The number of ether oxygens (including phenoxy) is 1. The number of rotatable bonds is 0. The molecule has 0 amide bonds.